The Bertz CT molecular complexity index is 566. The number of aryl methyl sites for hydroxylation is 2. The maximum absolute atomic E-state index is 13.0. The van der Waals surface area contributed by atoms with Crippen molar-refractivity contribution in [3.63, 3.8) is 0 Å². The van der Waals surface area contributed by atoms with E-state index in [9.17, 15) is 4.39 Å². The highest BCUT2D eigenvalue weighted by atomic mass is 35.5. The summed E-state index contributed by atoms with van der Waals surface area (Å²) in [4.78, 5) is 0. The Morgan fingerprint density at radius 3 is 2.17 bits per heavy atom. The molecule has 94 valence electrons. The number of rotatable bonds is 3. The molecule has 18 heavy (non-hydrogen) atoms. The summed E-state index contributed by atoms with van der Waals surface area (Å²) in [6.07, 6.45) is 0. The van der Waals surface area contributed by atoms with Crippen LogP contribution in [0, 0.1) is 19.7 Å². The van der Waals surface area contributed by atoms with Gasteiger partial charge in [0.15, 0.2) is 0 Å². The van der Waals surface area contributed by atoms with Gasteiger partial charge in [-0.05, 0) is 54.8 Å². The van der Waals surface area contributed by atoms with Crippen molar-refractivity contribution in [3.05, 3.63) is 58.9 Å². The van der Waals surface area contributed by atoms with E-state index in [-0.39, 0.29) is 5.82 Å². The number of hydrogen-bond donors (Lipinski definition) is 0. The Kier molecular flexibility index (Phi) is 3.87. The minimum atomic E-state index is -0.256. The van der Waals surface area contributed by atoms with Gasteiger partial charge in [-0.15, -0.1) is 11.6 Å². The van der Waals surface area contributed by atoms with Crippen LogP contribution in [0.25, 0.3) is 0 Å². The molecule has 2 aromatic rings. The van der Waals surface area contributed by atoms with Crippen molar-refractivity contribution >= 4 is 11.6 Å². The Morgan fingerprint density at radius 2 is 1.61 bits per heavy atom. The summed E-state index contributed by atoms with van der Waals surface area (Å²) in [5.74, 6) is 1.65. The molecule has 0 radical (unpaired) electrons. The van der Waals surface area contributed by atoms with E-state index in [2.05, 4.69) is 0 Å². The van der Waals surface area contributed by atoms with Crippen LogP contribution in [-0.2, 0) is 5.88 Å². The largest absolute Gasteiger partial charge is 0.457 e. The summed E-state index contributed by atoms with van der Waals surface area (Å²) in [7, 11) is 0. The van der Waals surface area contributed by atoms with Crippen LogP contribution in [0.3, 0.4) is 0 Å². The summed E-state index contributed by atoms with van der Waals surface area (Å²) in [6.45, 7) is 3.78. The van der Waals surface area contributed by atoms with Gasteiger partial charge in [0.2, 0.25) is 0 Å². The van der Waals surface area contributed by atoms with Crippen molar-refractivity contribution in [1.29, 1.82) is 0 Å². The fourth-order valence-electron chi connectivity index (χ4n) is 1.75. The Balaban J connectivity index is 2.28. The van der Waals surface area contributed by atoms with Gasteiger partial charge < -0.3 is 4.74 Å². The molecule has 0 saturated carbocycles. The van der Waals surface area contributed by atoms with Crippen LogP contribution in [0.15, 0.2) is 36.4 Å². The van der Waals surface area contributed by atoms with E-state index in [1.54, 1.807) is 6.07 Å². The van der Waals surface area contributed by atoms with Gasteiger partial charge in [0.25, 0.3) is 0 Å². The molecular weight excluding hydrogens is 251 g/mol. The molecular formula is C15H14ClFO. The highest BCUT2D eigenvalue weighted by molar-refractivity contribution is 6.17. The summed E-state index contributed by atoms with van der Waals surface area (Å²) >= 11 is 5.77. The first-order chi connectivity index (χ1) is 8.60. The van der Waals surface area contributed by atoms with E-state index in [1.165, 1.54) is 12.1 Å². The van der Waals surface area contributed by atoms with E-state index in [0.29, 0.717) is 11.6 Å². The van der Waals surface area contributed by atoms with Gasteiger partial charge in [0.1, 0.15) is 17.3 Å². The van der Waals surface area contributed by atoms with Crippen LogP contribution in [0.4, 0.5) is 4.39 Å². The van der Waals surface area contributed by atoms with Gasteiger partial charge in [-0.1, -0.05) is 12.1 Å². The minimum absolute atomic E-state index is 0.256. The Labute approximate surface area is 111 Å². The molecule has 3 heteroatoms. The molecule has 0 aliphatic rings. The van der Waals surface area contributed by atoms with Crippen LogP contribution >= 0.6 is 11.6 Å². The molecule has 0 bridgehead atoms. The van der Waals surface area contributed by atoms with Crippen LogP contribution in [0.1, 0.15) is 16.7 Å². The molecule has 0 aliphatic carbocycles. The zero-order chi connectivity index (χ0) is 13.1. The maximum atomic E-state index is 13.0. The molecule has 0 unspecified atom stereocenters. The van der Waals surface area contributed by atoms with Gasteiger partial charge in [0, 0.05) is 5.88 Å². The molecule has 0 fully saturated rings. The normalized spacial score (nSPS) is 10.4. The first-order valence-electron chi connectivity index (χ1n) is 5.69. The van der Waals surface area contributed by atoms with Crippen molar-refractivity contribution in [2.75, 3.05) is 0 Å². The predicted octanol–water partition coefficient (Wildman–Crippen LogP) is 4.97. The summed E-state index contributed by atoms with van der Waals surface area (Å²) < 4.78 is 18.8. The fourth-order valence-corrected chi connectivity index (χ4v) is 1.92. The number of alkyl halides is 1. The second-order valence-electron chi connectivity index (χ2n) is 4.25. The molecule has 0 atom stereocenters. The first kappa shape index (κ1) is 12.9. The summed E-state index contributed by atoms with van der Waals surface area (Å²) in [5.41, 5.74) is 2.84. The average molecular weight is 265 g/mol. The lowest BCUT2D eigenvalue weighted by Crippen LogP contribution is -1.92. The zero-order valence-corrected chi connectivity index (χ0v) is 11.1. The maximum Gasteiger partial charge on any atom is 0.130 e. The highest BCUT2D eigenvalue weighted by Gasteiger charge is 2.05. The topological polar surface area (TPSA) is 9.23 Å². The standard InChI is InChI=1S/C15H14ClFO/c1-10-7-12(9-16)3-5-14(10)18-15-6-4-13(17)8-11(15)2/h3-8H,9H2,1-2H3. The minimum Gasteiger partial charge on any atom is -0.457 e. The SMILES string of the molecule is Cc1cc(F)ccc1Oc1ccc(CCl)cc1C. The number of halogens is 2. The summed E-state index contributed by atoms with van der Waals surface area (Å²) in [5, 5.41) is 0. The molecule has 0 heterocycles. The molecule has 2 rings (SSSR count). The van der Waals surface area contributed by atoms with Gasteiger partial charge >= 0.3 is 0 Å². The van der Waals surface area contributed by atoms with E-state index in [0.717, 1.165) is 22.4 Å². The third kappa shape index (κ3) is 2.82. The zero-order valence-electron chi connectivity index (χ0n) is 10.3. The van der Waals surface area contributed by atoms with Gasteiger partial charge in [-0.3, -0.25) is 0 Å². The highest BCUT2D eigenvalue weighted by Crippen LogP contribution is 2.28. The Morgan fingerprint density at radius 1 is 1.00 bits per heavy atom. The van der Waals surface area contributed by atoms with Gasteiger partial charge in [-0.2, -0.15) is 0 Å². The van der Waals surface area contributed by atoms with Crippen LogP contribution in [-0.4, -0.2) is 0 Å². The van der Waals surface area contributed by atoms with Crippen LogP contribution in [0.5, 0.6) is 11.5 Å². The van der Waals surface area contributed by atoms with Crippen molar-refractivity contribution in [1.82, 2.24) is 0 Å². The van der Waals surface area contributed by atoms with Crippen LogP contribution < -0.4 is 4.74 Å². The fraction of sp³-hybridized carbons (Fsp3) is 0.200. The Hall–Kier alpha value is -1.54. The van der Waals surface area contributed by atoms with Crippen LogP contribution in [0.2, 0.25) is 0 Å². The van der Waals surface area contributed by atoms with E-state index in [4.69, 9.17) is 16.3 Å². The molecule has 1 nitrogen and oxygen atoms in total. The lowest BCUT2D eigenvalue weighted by molar-refractivity contribution is 0.473. The molecule has 0 aliphatic heterocycles. The van der Waals surface area contributed by atoms with Gasteiger partial charge in [0.05, 0.1) is 0 Å². The monoisotopic (exact) mass is 264 g/mol. The molecule has 0 saturated heterocycles. The number of ether oxygens (including phenoxy) is 1. The van der Waals surface area contributed by atoms with Crippen molar-refractivity contribution in [3.8, 4) is 11.5 Å². The number of benzene rings is 2. The van der Waals surface area contributed by atoms with Crippen molar-refractivity contribution < 1.29 is 9.13 Å². The second-order valence-corrected chi connectivity index (χ2v) is 4.51. The third-order valence-electron chi connectivity index (χ3n) is 2.75. The second kappa shape index (κ2) is 5.40. The molecule has 0 amide bonds. The van der Waals surface area contributed by atoms with Crippen molar-refractivity contribution in [2.24, 2.45) is 0 Å². The smallest absolute Gasteiger partial charge is 0.130 e. The quantitative estimate of drug-likeness (QED) is 0.711. The average Bonchev–Trinajstić information content (AvgIpc) is 2.34. The number of hydrogen-bond acceptors (Lipinski definition) is 1. The lowest BCUT2D eigenvalue weighted by atomic mass is 10.1. The van der Waals surface area contributed by atoms with E-state index in [1.807, 2.05) is 32.0 Å². The molecule has 0 N–H and O–H groups in total. The van der Waals surface area contributed by atoms with Gasteiger partial charge in [-0.25, -0.2) is 4.39 Å². The van der Waals surface area contributed by atoms with Crippen molar-refractivity contribution in [2.45, 2.75) is 19.7 Å². The molecule has 0 aromatic heterocycles. The lowest BCUT2D eigenvalue weighted by Gasteiger charge is -2.11. The van der Waals surface area contributed by atoms with E-state index >= 15 is 0 Å². The third-order valence-corrected chi connectivity index (χ3v) is 3.06. The molecule has 0 spiro atoms. The first-order valence-corrected chi connectivity index (χ1v) is 6.23. The van der Waals surface area contributed by atoms with E-state index < -0.39 is 0 Å². The predicted molar refractivity (Wildman–Crippen MR) is 71.9 cm³/mol. The molecule has 2 aromatic carbocycles. The summed E-state index contributed by atoms with van der Waals surface area (Å²) in [6, 6.07) is 10.3.